The topological polar surface area (TPSA) is 88.2 Å². The molecule has 2 aromatic rings. The smallest absolute Gasteiger partial charge is 0.320 e. The fourth-order valence-electron chi connectivity index (χ4n) is 5.52. The van der Waals surface area contributed by atoms with Gasteiger partial charge in [0.15, 0.2) is 0 Å². The van der Waals surface area contributed by atoms with Crippen LogP contribution in [0.15, 0.2) is 66.5 Å². The normalized spacial score (nSPS) is 19.2. The standard InChI is InChI=1S/C28H33ClN6O3/c1-28(16-20-6-4-3-5-7-20,31-27(38)30-22-10-8-21(29)9-11-22)26(37)33-14-12-23(13-15-33)35-19-34-18-32(2)17-24(34)25(35)36/h3-11,17,23H,12-16,18-19H2,1-2H3,(H2,30,31,38). The van der Waals surface area contributed by atoms with Crippen LogP contribution in [0.4, 0.5) is 10.5 Å². The Morgan fingerprint density at radius 1 is 1.03 bits per heavy atom. The maximum atomic E-state index is 13.9. The molecule has 200 valence electrons. The zero-order chi connectivity index (χ0) is 26.9. The van der Waals surface area contributed by atoms with E-state index in [1.54, 1.807) is 31.2 Å². The summed E-state index contributed by atoms with van der Waals surface area (Å²) in [6.45, 7) is 4.13. The van der Waals surface area contributed by atoms with Gasteiger partial charge in [-0.2, -0.15) is 0 Å². The Balaban J connectivity index is 1.26. The first-order valence-corrected chi connectivity index (χ1v) is 13.3. The summed E-state index contributed by atoms with van der Waals surface area (Å²) in [5.74, 6) is -0.0719. The van der Waals surface area contributed by atoms with Gasteiger partial charge in [0, 0.05) is 49.5 Å². The second kappa shape index (κ2) is 10.6. The zero-order valence-electron chi connectivity index (χ0n) is 21.7. The molecule has 0 aromatic heterocycles. The van der Waals surface area contributed by atoms with Crippen LogP contribution < -0.4 is 10.6 Å². The van der Waals surface area contributed by atoms with Crippen molar-refractivity contribution in [1.29, 1.82) is 0 Å². The SMILES string of the molecule is CN1C=C2C(=O)N(C3CCN(C(=O)C(C)(Cc4ccccc4)NC(=O)Nc4ccc(Cl)cc4)CC3)CN2C1. The molecule has 1 unspecified atom stereocenters. The molecule has 10 heteroatoms. The second-order valence-electron chi connectivity index (χ2n) is 10.5. The third-order valence-corrected chi connectivity index (χ3v) is 7.69. The van der Waals surface area contributed by atoms with Crippen molar-refractivity contribution in [3.05, 3.63) is 77.1 Å². The molecule has 2 aromatic carbocycles. The van der Waals surface area contributed by atoms with Crippen LogP contribution in [-0.2, 0) is 16.0 Å². The van der Waals surface area contributed by atoms with Gasteiger partial charge in [-0.1, -0.05) is 41.9 Å². The van der Waals surface area contributed by atoms with E-state index in [4.69, 9.17) is 11.6 Å². The molecule has 5 rings (SSSR count). The quantitative estimate of drug-likeness (QED) is 0.591. The number of rotatable bonds is 6. The molecular weight excluding hydrogens is 504 g/mol. The monoisotopic (exact) mass is 536 g/mol. The van der Waals surface area contributed by atoms with Crippen molar-refractivity contribution >= 4 is 35.1 Å². The summed E-state index contributed by atoms with van der Waals surface area (Å²) in [5, 5.41) is 6.32. The van der Waals surface area contributed by atoms with Crippen LogP contribution in [0, 0.1) is 0 Å². The van der Waals surface area contributed by atoms with Gasteiger partial charge in [-0.15, -0.1) is 0 Å². The second-order valence-corrected chi connectivity index (χ2v) is 10.9. The molecule has 38 heavy (non-hydrogen) atoms. The molecule has 0 aliphatic carbocycles. The Morgan fingerprint density at radius 2 is 1.71 bits per heavy atom. The van der Waals surface area contributed by atoms with Gasteiger partial charge in [-0.25, -0.2) is 4.79 Å². The fraction of sp³-hybridized carbons (Fsp3) is 0.393. The van der Waals surface area contributed by atoms with Crippen molar-refractivity contribution in [3.8, 4) is 0 Å². The van der Waals surface area contributed by atoms with Crippen molar-refractivity contribution < 1.29 is 14.4 Å². The number of hydrogen-bond donors (Lipinski definition) is 2. The summed E-state index contributed by atoms with van der Waals surface area (Å²) in [6.07, 6.45) is 3.65. The molecule has 3 heterocycles. The average Bonchev–Trinajstić information content (AvgIpc) is 3.42. The van der Waals surface area contributed by atoms with Gasteiger partial charge in [0.2, 0.25) is 5.91 Å². The molecule has 0 radical (unpaired) electrons. The van der Waals surface area contributed by atoms with Crippen LogP contribution in [0.3, 0.4) is 0 Å². The van der Waals surface area contributed by atoms with E-state index >= 15 is 0 Å². The highest BCUT2D eigenvalue weighted by Crippen LogP contribution is 2.30. The van der Waals surface area contributed by atoms with Crippen molar-refractivity contribution in [2.75, 3.05) is 38.8 Å². The van der Waals surface area contributed by atoms with E-state index in [-0.39, 0.29) is 17.9 Å². The molecule has 0 bridgehead atoms. The minimum absolute atomic E-state index is 0.0635. The first kappa shape index (κ1) is 25.9. The van der Waals surface area contributed by atoms with E-state index in [0.717, 1.165) is 17.9 Å². The van der Waals surface area contributed by atoms with Crippen molar-refractivity contribution in [1.82, 2.24) is 24.9 Å². The van der Waals surface area contributed by atoms with Crippen LogP contribution >= 0.6 is 11.6 Å². The molecule has 9 nitrogen and oxygen atoms in total. The van der Waals surface area contributed by atoms with Crippen LogP contribution in [0.1, 0.15) is 25.3 Å². The van der Waals surface area contributed by atoms with E-state index < -0.39 is 11.6 Å². The highest BCUT2D eigenvalue weighted by atomic mass is 35.5. The number of benzene rings is 2. The Morgan fingerprint density at radius 3 is 2.37 bits per heavy atom. The molecule has 2 N–H and O–H groups in total. The number of fused-ring (bicyclic) bond motifs is 1. The minimum atomic E-state index is -1.16. The van der Waals surface area contributed by atoms with E-state index in [9.17, 15) is 14.4 Å². The van der Waals surface area contributed by atoms with Crippen molar-refractivity contribution in [2.45, 2.75) is 37.8 Å². The third kappa shape index (κ3) is 5.43. The van der Waals surface area contributed by atoms with Crippen LogP contribution in [0.5, 0.6) is 0 Å². The molecule has 3 aliphatic heterocycles. The van der Waals surface area contributed by atoms with E-state index in [2.05, 4.69) is 15.5 Å². The Labute approximate surface area is 228 Å². The number of nitrogens with zero attached hydrogens (tertiary/aromatic N) is 4. The Hall–Kier alpha value is -3.72. The summed E-state index contributed by atoms with van der Waals surface area (Å²) in [6, 6.07) is 16.1. The lowest BCUT2D eigenvalue weighted by Crippen LogP contribution is -2.61. The molecule has 1 atom stereocenters. The van der Waals surface area contributed by atoms with Crippen molar-refractivity contribution in [3.63, 3.8) is 0 Å². The number of urea groups is 1. The Bertz CT molecular complexity index is 1230. The fourth-order valence-corrected chi connectivity index (χ4v) is 5.64. The predicted octanol–water partition coefficient (Wildman–Crippen LogP) is 3.30. The number of nitrogens with one attached hydrogen (secondary N) is 2. The van der Waals surface area contributed by atoms with Crippen LogP contribution in [0.2, 0.25) is 5.02 Å². The van der Waals surface area contributed by atoms with Gasteiger partial charge in [-0.05, 0) is 49.6 Å². The molecular formula is C28H33ClN6O3. The van der Waals surface area contributed by atoms with Gasteiger partial charge < -0.3 is 30.2 Å². The lowest BCUT2D eigenvalue weighted by atomic mass is 9.90. The predicted molar refractivity (Wildman–Crippen MR) is 146 cm³/mol. The van der Waals surface area contributed by atoms with Crippen LogP contribution in [-0.4, -0.2) is 82.5 Å². The van der Waals surface area contributed by atoms with Crippen LogP contribution in [0.25, 0.3) is 0 Å². The summed E-state index contributed by atoms with van der Waals surface area (Å²) in [4.78, 5) is 47.7. The molecule has 2 saturated heterocycles. The number of piperidine rings is 1. The lowest BCUT2D eigenvalue weighted by molar-refractivity contribution is -0.139. The number of carbonyl (C=O) groups is 3. The van der Waals surface area contributed by atoms with Gasteiger partial charge in [0.25, 0.3) is 5.91 Å². The summed E-state index contributed by atoms with van der Waals surface area (Å²) >= 11 is 5.96. The Kier molecular flexibility index (Phi) is 7.21. The lowest BCUT2D eigenvalue weighted by Gasteiger charge is -2.41. The van der Waals surface area contributed by atoms with Gasteiger partial charge in [0.05, 0.1) is 13.3 Å². The first-order chi connectivity index (χ1) is 18.2. The summed E-state index contributed by atoms with van der Waals surface area (Å²) < 4.78 is 0. The molecule has 2 fully saturated rings. The molecule has 4 amide bonds. The number of hydrogen-bond acceptors (Lipinski definition) is 5. The van der Waals surface area contributed by atoms with Crippen molar-refractivity contribution in [2.24, 2.45) is 0 Å². The molecule has 0 saturated carbocycles. The maximum Gasteiger partial charge on any atom is 0.320 e. The number of amides is 4. The zero-order valence-corrected chi connectivity index (χ0v) is 22.4. The van der Waals surface area contributed by atoms with E-state index in [0.29, 0.717) is 49.7 Å². The molecule has 3 aliphatic rings. The highest BCUT2D eigenvalue weighted by molar-refractivity contribution is 6.30. The van der Waals surface area contributed by atoms with Gasteiger partial charge in [-0.3, -0.25) is 9.59 Å². The maximum absolute atomic E-state index is 13.9. The number of anilines is 1. The number of carbonyl (C=O) groups excluding carboxylic acids is 3. The van der Waals surface area contributed by atoms with Gasteiger partial charge in [0.1, 0.15) is 11.2 Å². The highest BCUT2D eigenvalue weighted by Gasteiger charge is 2.43. The summed E-state index contributed by atoms with van der Waals surface area (Å²) in [7, 11) is 1.96. The van der Waals surface area contributed by atoms with E-state index in [1.165, 1.54) is 0 Å². The number of halogens is 1. The third-order valence-electron chi connectivity index (χ3n) is 7.44. The minimum Gasteiger partial charge on any atom is -0.361 e. The largest absolute Gasteiger partial charge is 0.361 e. The first-order valence-electron chi connectivity index (χ1n) is 12.9. The average molecular weight is 537 g/mol. The summed E-state index contributed by atoms with van der Waals surface area (Å²) in [5.41, 5.74) is 1.12. The number of likely N-dealkylation sites (tertiary alicyclic amines) is 1. The molecule has 0 spiro atoms. The van der Waals surface area contributed by atoms with E-state index in [1.807, 2.05) is 58.3 Å². The van der Waals surface area contributed by atoms with Gasteiger partial charge >= 0.3 is 6.03 Å².